The van der Waals surface area contributed by atoms with Crippen LogP contribution in [0.5, 0.6) is 5.75 Å². The van der Waals surface area contributed by atoms with E-state index in [9.17, 15) is 4.39 Å². The molecule has 1 aromatic heterocycles. The Labute approximate surface area is 122 Å². The zero-order chi connectivity index (χ0) is 13.9. The van der Waals surface area contributed by atoms with Crippen molar-refractivity contribution in [3.63, 3.8) is 0 Å². The summed E-state index contributed by atoms with van der Waals surface area (Å²) in [5.74, 6) is 0.590. The van der Waals surface area contributed by atoms with Crippen molar-refractivity contribution in [3.05, 3.63) is 52.0 Å². The molecule has 2 unspecified atom stereocenters. The van der Waals surface area contributed by atoms with E-state index in [1.54, 1.807) is 23.5 Å². The first-order valence-electron chi connectivity index (χ1n) is 6.99. The molecule has 2 heterocycles. The number of halogens is 1. The monoisotopic (exact) mass is 291 g/mol. The van der Waals surface area contributed by atoms with Gasteiger partial charge in [0, 0.05) is 23.6 Å². The molecule has 2 aromatic rings. The lowest BCUT2D eigenvalue weighted by atomic mass is 9.94. The Morgan fingerprint density at radius 2 is 2.30 bits per heavy atom. The molecule has 3 rings (SSSR count). The molecule has 0 radical (unpaired) electrons. The normalized spacial score (nSPS) is 21.3. The van der Waals surface area contributed by atoms with Crippen LogP contribution >= 0.6 is 11.3 Å². The van der Waals surface area contributed by atoms with Crippen molar-refractivity contribution < 1.29 is 9.13 Å². The molecule has 0 aliphatic carbocycles. The van der Waals surface area contributed by atoms with Gasteiger partial charge in [0.1, 0.15) is 17.7 Å². The van der Waals surface area contributed by atoms with Crippen LogP contribution in [0, 0.1) is 5.82 Å². The highest BCUT2D eigenvalue weighted by molar-refractivity contribution is 7.07. The molecule has 0 spiro atoms. The van der Waals surface area contributed by atoms with Crippen LogP contribution in [-0.4, -0.2) is 6.54 Å². The van der Waals surface area contributed by atoms with Gasteiger partial charge in [0.25, 0.3) is 0 Å². The second-order valence-electron chi connectivity index (χ2n) is 5.09. The van der Waals surface area contributed by atoms with Gasteiger partial charge >= 0.3 is 0 Å². The average molecular weight is 291 g/mol. The minimum absolute atomic E-state index is 0.0496. The highest BCUT2D eigenvalue weighted by atomic mass is 32.1. The molecule has 1 aromatic carbocycles. The molecule has 1 N–H and O–H groups in total. The molecule has 106 valence electrons. The van der Waals surface area contributed by atoms with Crippen molar-refractivity contribution in [1.29, 1.82) is 0 Å². The van der Waals surface area contributed by atoms with E-state index in [0.29, 0.717) is 0 Å². The first kappa shape index (κ1) is 13.6. The predicted molar refractivity (Wildman–Crippen MR) is 79.7 cm³/mol. The van der Waals surface area contributed by atoms with Gasteiger partial charge in [-0.25, -0.2) is 4.39 Å². The summed E-state index contributed by atoms with van der Waals surface area (Å²) in [4.78, 5) is 0. The van der Waals surface area contributed by atoms with E-state index in [1.165, 1.54) is 11.6 Å². The first-order valence-corrected chi connectivity index (χ1v) is 7.93. The van der Waals surface area contributed by atoms with E-state index in [2.05, 4.69) is 29.1 Å². The van der Waals surface area contributed by atoms with E-state index in [0.717, 1.165) is 30.7 Å². The minimum atomic E-state index is -0.204. The van der Waals surface area contributed by atoms with Crippen LogP contribution in [0.4, 0.5) is 4.39 Å². The maximum absolute atomic E-state index is 13.5. The summed E-state index contributed by atoms with van der Waals surface area (Å²) in [5, 5.41) is 7.69. The number of rotatable bonds is 4. The second-order valence-corrected chi connectivity index (χ2v) is 5.87. The fourth-order valence-corrected chi connectivity index (χ4v) is 3.32. The van der Waals surface area contributed by atoms with Crippen molar-refractivity contribution >= 4 is 11.3 Å². The first-order chi connectivity index (χ1) is 9.78. The largest absolute Gasteiger partial charge is 0.485 e. The van der Waals surface area contributed by atoms with Gasteiger partial charge in [-0.2, -0.15) is 11.3 Å². The van der Waals surface area contributed by atoms with Gasteiger partial charge in [-0.15, -0.1) is 0 Å². The zero-order valence-electron chi connectivity index (χ0n) is 11.4. The Kier molecular flexibility index (Phi) is 4.03. The molecule has 20 heavy (non-hydrogen) atoms. The van der Waals surface area contributed by atoms with Crippen molar-refractivity contribution in [1.82, 2.24) is 5.32 Å². The summed E-state index contributed by atoms with van der Waals surface area (Å²) >= 11 is 1.68. The van der Waals surface area contributed by atoms with Gasteiger partial charge in [0.2, 0.25) is 0 Å². The summed E-state index contributed by atoms with van der Waals surface area (Å²) in [6.45, 7) is 3.06. The van der Waals surface area contributed by atoms with Gasteiger partial charge in [0.15, 0.2) is 0 Å². The van der Waals surface area contributed by atoms with Crippen LogP contribution in [0.2, 0.25) is 0 Å². The molecule has 1 aliphatic heterocycles. The second kappa shape index (κ2) is 5.94. The number of hydrogen-bond donors (Lipinski definition) is 1. The summed E-state index contributed by atoms with van der Waals surface area (Å²) in [6.07, 6.45) is 1.95. The lowest BCUT2D eigenvalue weighted by Crippen LogP contribution is -2.29. The molecule has 4 heteroatoms. The molecule has 0 saturated carbocycles. The molecule has 0 bridgehead atoms. The Morgan fingerprint density at radius 1 is 1.40 bits per heavy atom. The van der Waals surface area contributed by atoms with Crippen LogP contribution in [-0.2, 0) is 0 Å². The van der Waals surface area contributed by atoms with E-state index >= 15 is 0 Å². The van der Waals surface area contributed by atoms with Crippen molar-refractivity contribution in [2.45, 2.75) is 31.9 Å². The van der Waals surface area contributed by atoms with Crippen LogP contribution in [0.3, 0.4) is 0 Å². The Morgan fingerprint density at radius 3 is 3.05 bits per heavy atom. The van der Waals surface area contributed by atoms with E-state index in [4.69, 9.17) is 4.74 Å². The molecule has 0 amide bonds. The molecule has 0 saturated heterocycles. The van der Waals surface area contributed by atoms with E-state index < -0.39 is 0 Å². The lowest BCUT2D eigenvalue weighted by molar-refractivity contribution is 0.151. The Hall–Kier alpha value is -1.39. The van der Waals surface area contributed by atoms with E-state index in [-0.39, 0.29) is 18.0 Å². The van der Waals surface area contributed by atoms with Crippen LogP contribution in [0.25, 0.3) is 0 Å². The molecule has 2 nitrogen and oxygen atoms in total. The van der Waals surface area contributed by atoms with Crippen LogP contribution < -0.4 is 10.1 Å². The fraction of sp³-hybridized carbons (Fsp3) is 0.375. The number of thiophene rings is 1. The Balaban J connectivity index is 1.90. The zero-order valence-corrected chi connectivity index (χ0v) is 12.3. The highest BCUT2D eigenvalue weighted by Crippen LogP contribution is 2.41. The standard InChI is InChI=1S/C16H18FNOS/c1-2-6-18-14-9-16(11-5-7-20-10-11)19-15-4-3-12(17)8-13(14)15/h3-5,7-8,10,14,16,18H,2,6,9H2,1H3. The van der Waals surface area contributed by atoms with Gasteiger partial charge in [0.05, 0.1) is 0 Å². The molecule has 2 atom stereocenters. The number of hydrogen-bond acceptors (Lipinski definition) is 3. The summed E-state index contributed by atoms with van der Waals surface area (Å²) in [5.41, 5.74) is 2.14. The molecule has 1 aliphatic rings. The third-order valence-corrected chi connectivity index (χ3v) is 4.32. The maximum Gasteiger partial charge on any atom is 0.126 e. The van der Waals surface area contributed by atoms with E-state index in [1.807, 2.05) is 0 Å². The number of benzene rings is 1. The van der Waals surface area contributed by atoms with Crippen molar-refractivity contribution in [2.75, 3.05) is 6.54 Å². The topological polar surface area (TPSA) is 21.3 Å². The lowest BCUT2D eigenvalue weighted by Gasteiger charge is -2.32. The van der Waals surface area contributed by atoms with Gasteiger partial charge < -0.3 is 10.1 Å². The van der Waals surface area contributed by atoms with Gasteiger partial charge in [-0.1, -0.05) is 6.92 Å². The Bertz CT molecular complexity index is 570. The summed E-state index contributed by atoms with van der Waals surface area (Å²) in [7, 11) is 0. The third-order valence-electron chi connectivity index (χ3n) is 3.62. The molecular formula is C16H18FNOS. The van der Waals surface area contributed by atoms with Gasteiger partial charge in [-0.3, -0.25) is 0 Å². The van der Waals surface area contributed by atoms with Gasteiger partial charge in [-0.05, 0) is 48.0 Å². The molecule has 0 fully saturated rings. The van der Waals surface area contributed by atoms with Crippen molar-refractivity contribution in [3.8, 4) is 5.75 Å². The fourth-order valence-electron chi connectivity index (χ4n) is 2.62. The SMILES string of the molecule is CCCNC1CC(c2ccsc2)Oc2ccc(F)cc21. The van der Waals surface area contributed by atoms with Crippen LogP contribution in [0.15, 0.2) is 35.0 Å². The average Bonchev–Trinajstić information content (AvgIpc) is 2.99. The molecular weight excluding hydrogens is 273 g/mol. The quantitative estimate of drug-likeness (QED) is 0.898. The predicted octanol–water partition coefficient (Wildman–Crippen LogP) is 4.45. The van der Waals surface area contributed by atoms with Crippen molar-refractivity contribution in [2.24, 2.45) is 0 Å². The number of nitrogens with one attached hydrogen (secondary N) is 1. The smallest absolute Gasteiger partial charge is 0.126 e. The maximum atomic E-state index is 13.5. The number of fused-ring (bicyclic) bond motifs is 1. The minimum Gasteiger partial charge on any atom is -0.485 e. The summed E-state index contributed by atoms with van der Waals surface area (Å²) in [6, 6.07) is 7.04. The third kappa shape index (κ3) is 2.72. The van der Waals surface area contributed by atoms with Crippen LogP contribution in [0.1, 0.15) is 43.0 Å². The highest BCUT2D eigenvalue weighted by Gasteiger charge is 2.29. The summed E-state index contributed by atoms with van der Waals surface area (Å²) < 4.78 is 19.5. The number of ether oxygens (including phenoxy) is 1.